The minimum atomic E-state index is -1.23. The number of ether oxygens (including phenoxy) is 1. The number of carbonyl (C=O) groups is 1. The minimum absolute atomic E-state index is 0.0701. The van der Waals surface area contributed by atoms with Crippen molar-refractivity contribution in [3.63, 3.8) is 0 Å². The number of hydrogen-bond acceptors (Lipinski definition) is 4. The first-order chi connectivity index (χ1) is 8.52. The average molecular weight is 316 g/mol. The molecule has 0 fully saturated rings. The maximum absolute atomic E-state index is 13.6. The molecule has 1 heterocycles. The van der Waals surface area contributed by atoms with E-state index in [2.05, 4.69) is 25.6 Å². The molecule has 0 aliphatic heterocycles. The van der Waals surface area contributed by atoms with Crippen LogP contribution < -0.4 is 4.74 Å². The highest BCUT2D eigenvalue weighted by atomic mass is 79.9. The summed E-state index contributed by atoms with van der Waals surface area (Å²) in [6.45, 7) is 0. The van der Waals surface area contributed by atoms with E-state index in [9.17, 15) is 9.18 Å². The third-order valence-corrected chi connectivity index (χ3v) is 2.81. The Morgan fingerprint density at radius 3 is 2.72 bits per heavy atom. The molecular formula is C11H7BrFNO4. The van der Waals surface area contributed by atoms with Crippen molar-refractivity contribution in [2.75, 3.05) is 7.11 Å². The van der Waals surface area contributed by atoms with Gasteiger partial charge in [-0.3, -0.25) is 0 Å². The lowest BCUT2D eigenvalue weighted by molar-refractivity contribution is 0.0652. The molecule has 0 spiro atoms. The summed E-state index contributed by atoms with van der Waals surface area (Å²) in [4.78, 5) is 10.6. The second-order valence-corrected chi connectivity index (χ2v) is 4.21. The van der Waals surface area contributed by atoms with Crippen LogP contribution in [0.1, 0.15) is 10.6 Å². The topological polar surface area (TPSA) is 72.6 Å². The number of carboxylic acid groups (broad SMARTS) is 1. The van der Waals surface area contributed by atoms with E-state index in [4.69, 9.17) is 9.84 Å². The van der Waals surface area contributed by atoms with Crippen molar-refractivity contribution in [3.8, 4) is 17.0 Å². The predicted molar refractivity (Wildman–Crippen MR) is 63.1 cm³/mol. The van der Waals surface area contributed by atoms with Crippen LogP contribution >= 0.6 is 15.9 Å². The van der Waals surface area contributed by atoms with Crippen molar-refractivity contribution in [2.24, 2.45) is 0 Å². The van der Waals surface area contributed by atoms with Gasteiger partial charge in [0.2, 0.25) is 5.76 Å². The van der Waals surface area contributed by atoms with Gasteiger partial charge in [-0.2, -0.15) is 0 Å². The summed E-state index contributed by atoms with van der Waals surface area (Å²) in [6.07, 6.45) is 0. The van der Waals surface area contributed by atoms with Gasteiger partial charge < -0.3 is 14.4 Å². The lowest BCUT2D eigenvalue weighted by Crippen LogP contribution is -1.92. The standard InChI is InChI=1S/C11H7BrFNO4/c1-17-10-6(12)2-5(3-7(10)13)8-4-9(11(15)16)18-14-8/h2-4H,1H3,(H,15,16). The summed E-state index contributed by atoms with van der Waals surface area (Å²) in [5.41, 5.74) is 0.617. The number of halogens is 2. The maximum atomic E-state index is 13.6. The molecule has 0 aliphatic rings. The first-order valence-corrected chi connectivity index (χ1v) is 5.55. The number of aromatic nitrogens is 1. The van der Waals surface area contributed by atoms with Gasteiger partial charge in [0, 0.05) is 11.6 Å². The zero-order valence-electron chi connectivity index (χ0n) is 9.11. The molecule has 1 N–H and O–H groups in total. The Balaban J connectivity index is 2.47. The molecule has 94 valence electrons. The number of hydrogen-bond donors (Lipinski definition) is 1. The second-order valence-electron chi connectivity index (χ2n) is 3.35. The summed E-state index contributed by atoms with van der Waals surface area (Å²) in [5.74, 6) is -2.05. The molecule has 2 aromatic rings. The molecule has 1 aromatic heterocycles. The lowest BCUT2D eigenvalue weighted by Gasteiger charge is -2.06. The SMILES string of the molecule is COc1c(F)cc(-c2cc(C(=O)O)on2)cc1Br. The monoisotopic (exact) mass is 315 g/mol. The third kappa shape index (κ3) is 2.21. The Hall–Kier alpha value is -1.89. The highest BCUT2D eigenvalue weighted by Crippen LogP contribution is 2.33. The number of methoxy groups -OCH3 is 1. The molecular weight excluding hydrogens is 309 g/mol. The summed E-state index contributed by atoms with van der Waals surface area (Å²) in [7, 11) is 1.35. The largest absolute Gasteiger partial charge is 0.492 e. The third-order valence-electron chi connectivity index (χ3n) is 2.22. The van der Waals surface area contributed by atoms with E-state index in [0.717, 1.165) is 0 Å². The number of benzene rings is 1. The van der Waals surface area contributed by atoms with E-state index in [1.807, 2.05) is 0 Å². The van der Waals surface area contributed by atoms with Gasteiger partial charge in [-0.25, -0.2) is 9.18 Å². The van der Waals surface area contributed by atoms with Crippen LogP contribution in [0.25, 0.3) is 11.3 Å². The van der Waals surface area contributed by atoms with Gasteiger partial charge in [0.25, 0.3) is 0 Å². The molecule has 0 bridgehead atoms. The molecule has 7 heteroatoms. The van der Waals surface area contributed by atoms with Gasteiger partial charge in [-0.1, -0.05) is 5.16 Å². The first-order valence-electron chi connectivity index (χ1n) is 4.76. The van der Waals surface area contributed by atoms with Crippen LogP contribution in [0.15, 0.2) is 27.2 Å². The van der Waals surface area contributed by atoms with Crippen LogP contribution in [0, 0.1) is 5.82 Å². The Kier molecular flexibility index (Phi) is 3.33. The van der Waals surface area contributed by atoms with Crippen molar-refractivity contribution in [3.05, 3.63) is 34.2 Å². The van der Waals surface area contributed by atoms with Crippen molar-refractivity contribution >= 4 is 21.9 Å². The van der Waals surface area contributed by atoms with E-state index in [-0.39, 0.29) is 17.2 Å². The Labute approximate surface area is 109 Å². The molecule has 18 heavy (non-hydrogen) atoms. The summed E-state index contributed by atoms with van der Waals surface area (Å²) in [5, 5.41) is 12.3. The van der Waals surface area contributed by atoms with Crippen molar-refractivity contribution in [1.82, 2.24) is 5.16 Å². The number of carboxylic acids is 1. The van der Waals surface area contributed by atoms with Gasteiger partial charge in [-0.05, 0) is 28.1 Å². The van der Waals surface area contributed by atoms with Gasteiger partial charge in [0.05, 0.1) is 11.6 Å². The molecule has 0 atom stereocenters. The smallest absolute Gasteiger partial charge is 0.374 e. The average Bonchev–Trinajstić information content (AvgIpc) is 2.77. The molecule has 0 saturated heterocycles. The number of aromatic carboxylic acids is 1. The van der Waals surface area contributed by atoms with Crippen molar-refractivity contribution in [1.29, 1.82) is 0 Å². The van der Waals surface area contributed by atoms with E-state index in [1.54, 1.807) is 6.07 Å². The quantitative estimate of drug-likeness (QED) is 0.942. The van der Waals surface area contributed by atoms with Gasteiger partial charge >= 0.3 is 5.97 Å². The van der Waals surface area contributed by atoms with Crippen LogP contribution in [-0.4, -0.2) is 23.3 Å². The Morgan fingerprint density at radius 2 is 2.22 bits per heavy atom. The number of nitrogens with zero attached hydrogens (tertiary/aromatic N) is 1. The highest BCUT2D eigenvalue weighted by Gasteiger charge is 2.16. The second kappa shape index (κ2) is 4.77. The van der Waals surface area contributed by atoms with Gasteiger partial charge in [0.15, 0.2) is 11.6 Å². The molecule has 2 rings (SSSR count). The molecule has 5 nitrogen and oxygen atoms in total. The van der Waals surface area contributed by atoms with E-state index in [0.29, 0.717) is 10.0 Å². The van der Waals surface area contributed by atoms with E-state index < -0.39 is 11.8 Å². The van der Waals surface area contributed by atoms with Crippen LogP contribution in [0.2, 0.25) is 0 Å². The molecule has 0 amide bonds. The van der Waals surface area contributed by atoms with Crippen LogP contribution in [0.3, 0.4) is 0 Å². The minimum Gasteiger partial charge on any atom is -0.492 e. The van der Waals surface area contributed by atoms with Crippen LogP contribution in [-0.2, 0) is 0 Å². The lowest BCUT2D eigenvalue weighted by atomic mass is 10.1. The normalized spacial score (nSPS) is 10.4. The fourth-order valence-electron chi connectivity index (χ4n) is 1.41. The van der Waals surface area contributed by atoms with Crippen LogP contribution in [0.4, 0.5) is 4.39 Å². The summed E-state index contributed by atoms with van der Waals surface area (Å²) in [6, 6.07) is 3.97. The van der Waals surface area contributed by atoms with E-state index >= 15 is 0 Å². The van der Waals surface area contributed by atoms with Gasteiger partial charge in [-0.15, -0.1) is 0 Å². The summed E-state index contributed by atoms with van der Waals surface area (Å²) < 4.78 is 23.5. The van der Waals surface area contributed by atoms with Gasteiger partial charge in [0.1, 0.15) is 5.69 Å². The Morgan fingerprint density at radius 1 is 1.50 bits per heavy atom. The Bertz CT molecular complexity index is 588. The van der Waals surface area contributed by atoms with E-state index in [1.165, 1.54) is 19.2 Å². The van der Waals surface area contributed by atoms with Crippen molar-refractivity contribution in [2.45, 2.75) is 0 Å². The molecule has 0 aliphatic carbocycles. The zero-order valence-corrected chi connectivity index (χ0v) is 10.7. The maximum Gasteiger partial charge on any atom is 0.374 e. The molecule has 1 aromatic carbocycles. The van der Waals surface area contributed by atoms with Crippen LogP contribution in [0.5, 0.6) is 5.75 Å². The fraction of sp³-hybridized carbons (Fsp3) is 0.0909. The predicted octanol–water partition coefficient (Wildman–Crippen LogP) is 2.95. The first kappa shape index (κ1) is 12.6. The molecule has 0 radical (unpaired) electrons. The summed E-state index contributed by atoms with van der Waals surface area (Å²) >= 11 is 3.15. The zero-order chi connectivity index (χ0) is 13.3. The van der Waals surface area contributed by atoms with Crippen molar-refractivity contribution < 1.29 is 23.6 Å². The number of rotatable bonds is 3. The highest BCUT2D eigenvalue weighted by molar-refractivity contribution is 9.10. The fourth-order valence-corrected chi connectivity index (χ4v) is 2.01. The molecule has 0 unspecified atom stereocenters. The molecule has 0 saturated carbocycles.